The lowest BCUT2D eigenvalue weighted by atomic mass is 9.78. The summed E-state index contributed by atoms with van der Waals surface area (Å²) in [6.45, 7) is 2.01. The molecule has 28 heavy (non-hydrogen) atoms. The Morgan fingerprint density at radius 2 is 1.82 bits per heavy atom. The molecular formula is C21H24O7. The molecule has 0 saturated heterocycles. The van der Waals surface area contributed by atoms with E-state index in [9.17, 15) is 30.3 Å². The van der Waals surface area contributed by atoms with Crippen LogP contribution in [0.15, 0.2) is 30.3 Å². The van der Waals surface area contributed by atoms with Gasteiger partial charge >= 0.3 is 0 Å². The number of carbonyl (C=O) groups excluding carboxylic acids is 1. The fourth-order valence-electron chi connectivity index (χ4n) is 3.53. The maximum atomic E-state index is 12.9. The molecule has 5 N–H and O–H groups in total. The second-order valence-electron chi connectivity index (χ2n) is 7.17. The number of fused-ring (bicyclic) bond motifs is 1. The van der Waals surface area contributed by atoms with Crippen molar-refractivity contribution < 1.29 is 35.1 Å². The third-order valence-electron chi connectivity index (χ3n) is 5.09. The number of phenols is 4. The molecule has 2 aromatic carbocycles. The summed E-state index contributed by atoms with van der Waals surface area (Å²) in [6.07, 6.45) is 1.12. The average molecular weight is 388 g/mol. The Bertz CT molecular complexity index is 893. The van der Waals surface area contributed by atoms with Gasteiger partial charge < -0.3 is 30.3 Å². The Balaban J connectivity index is 2.06. The molecule has 7 nitrogen and oxygen atoms in total. The molecule has 1 aliphatic rings. The monoisotopic (exact) mass is 388 g/mol. The van der Waals surface area contributed by atoms with Crippen molar-refractivity contribution in [3.63, 3.8) is 0 Å². The van der Waals surface area contributed by atoms with Crippen LogP contribution in [-0.2, 0) is 11.2 Å². The van der Waals surface area contributed by atoms with E-state index in [-0.39, 0.29) is 47.0 Å². The second kappa shape index (κ2) is 7.59. The number of ether oxygens (including phenoxy) is 1. The number of rotatable bonds is 6. The Hall–Kier alpha value is -2.93. The maximum absolute atomic E-state index is 12.9. The quantitative estimate of drug-likeness (QED) is 0.380. The second-order valence-corrected chi connectivity index (χ2v) is 7.17. The smallest absolute Gasteiger partial charge is 0.168 e. The molecule has 3 rings (SSSR count). The van der Waals surface area contributed by atoms with Gasteiger partial charge in [-0.05, 0) is 24.1 Å². The molecule has 0 unspecified atom stereocenters. The first-order chi connectivity index (χ1) is 13.3. The van der Waals surface area contributed by atoms with Gasteiger partial charge in [0.2, 0.25) is 0 Å². The molecular weight excluding hydrogens is 364 g/mol. The Morgan fingerprint density at radius 1 is 1.07 bits per heavy atom. The fraction of sp³-hybridized carbons (Fsp3) is 0.381. The van der Waals surface area contributed by atoms with Gasteiger partial charge in [-0.15, -0.1) is 0 Å². The van der Waals surface area contributed by atoms with Crippen LogP contribution in [-0.4, -0.2) is 36.9 Å². The molecule has 2 aromatic rings. The number of unbranched alkanes of at least 4 members (excludes halogenated alkanes) is 2. The van der Waals surface area contributed by atoms with Crippen LogP contribution < -0.4 is 4.74 Å². The first-order valence-corrected chi connectivity index (χ1v) is 9.25. The first-order valence-electron chi connectivity index (χ1n) is 9.25. The molecule has 1 aliphatic heterocycles. The molecule has 0 spiro atoms. The minimum absolute atomic E-state index is 0.140. The summed E-state index contributed by atoms with van der Waals surface area (Å²) in [7, 11) is 0. The normalized spacial score (nSPS) is 21.0. The number of ketones is 1. The highest BCUT2D eigenvalue weighted by Gasteiger charge is 2.50. The van der Waals surface area contributed by atoms with Crippen molar-refractivity contribution in [1.82, 2.24) is 0 Å². The molecule has 1 heterocycles. The largest absolute Gasteiger partial charge is 0.508 e. The van der Waals surface area contributed by atoms with Crippen LogP contribution in [0.5, 0.6) is 28.7 Å². The minimum Gasteiger partial charge on any atom is -0.508 e. The number of phenolic OH excluding ortho intramolecular Hbond substituents is 4. The Labute approximate surface area is 162 Å². The van der Waals surface area contributed by atoms with Crippen molar-refractivity contribution in [2.75, 3.05) is 0 Å². The first kappa shape index (κ1) is 19.8. The molecule has 0 aliphatic carbocycles. The lowest BCUT2D eigenvalue weighted by molar-refractivity contribution is -0.151. The van der Waals surface area contributed by atoms with E-state index in [0.717, 1.165) is 18.9 Å². The van der Waals surface area contributed by atoms with Crippen molar-refractivity contribution in [2.45, 2.75) is 50.7 Å². The van der Waals surface area contributed by atoms with Gasteiger partial charge in [-0.25, -0.2) is 0 Å². The van der Waals surface area contributed by atoms with E-state index in [2.05, 4.69) is 0 Å². The summed E-state index contributed by atoms with van der Waals surface area (Å²) in [5.74, 6) is -1.54. The lowest BCUT2D eigenvalue weighted by Crippen LogP contribution is -2.51. The summed E-state index contributed by atoms with van der Waals surface area (Å²) in [6, 6.07) is 6.32. The van der Waals surface area contributed by atoms with E-state index in [4.69, 9.17) is 4.74 Å². The van der Waals surface area contributed by atoms with E-state index in [1.807, 2.05) is 6.92 Å². The number of benzene rings is 2. The van der Waals surface area contributed by atoms with Crippen molar-refractivity contribution in [3.8, 4) is 28.7 Å². The highest BCUT2D eigenvalue weighted by molar-refractivity contribution is 5.89. The maximum Gasteiger partial charge on any atom is 0.168 e. The molecule has 150 valence electrons. The molecule has 0 amide bonds. The number of aliphatic hydroxyl groups is 1. The summed E-state index contributed by atoms with van der Waals surface area (Å²) < 4.78 is 5.83. The van der Waals surface area contributed by atoms with E-state index in [0.29, 0.717) is 6.42 Å². The van der Waals surface area contributed by atoms with Crippen molar-refractivity contribution in [3.05, 3.63) is 41.5 Å². The van der Waals surface area contributed by atoms with Gasteiger partial charge in [-0.2, -0.15) is 0 Å². The topological polar surface area (TPSA) is 127 Å². The van der Waals surface area contributed by atoms with Crippen LogP contribution in [0, 0.1) is 0 Å². The summed E-state index contributed by atoms with van der Waals surface area (Å²) in [5.41, 5.74) is -1.46. The predicted octanol–water partition coefficient (Wildman–Crippen LogP) is 3.07. The fourth-order valence-corrected chi connectivity index (χ4v) is 3.53. The van der Waals surface area contributed by atoms with Crippen LogP contribution in [0.4, 0.5) is 0 Å². The predicted molar refractivity (Wildman–Crippen MR) is 101 cm³/mol. The van der Waals surface area contributed by atoms with Gasteiger partial charge in [0.05, 0.1) is 0 Å². The molecule has 0 bridgehead atoms. The van der Waals surface area contributed by atoms with Crippen molar-refractivity contribution in [1.29, 1.82) is 0 Å². The zero-order valence-corrected chi connectivity index (χ0v) is 15.6. The highest BCUT2D eigenvalue weighted by Crippen LogP contribution is 2.47. The summed E-state index contributed by atoms with van der Waals surface area (Å²) in [5, 5.41) is 50.7. The van der Waals surface area contributed by atoms with Gasteiger partial charge in [0.1, 0.15) is 17.2 Å². The molecule has 0 saturated carbocycles. The molecule has 0 aromatic heterocycles. The number of hydrogen-bond donors (Lipinski definition) is 5. The Kier molecular flexibility index (Phi) is 5.38. The van der Waals surface area contributed by atoms with Gasteiger partial charge in [0.15, 0.2) is 29.0 Å². The molecule has 0 radical (unpaired) electrons. The summed E-state index contributed by atoms with van der Waals surface area (Å²) >= 11 is 0. The molecule has 2 atom stereocenters. The number of carbonyl (C=O) groups is 1. The van der Waals surface area contributed by atoms with Crippen molar-refractivity contribution >= 4 is 5.78 Å². The standard InChI is InChI=1S/C21H24O7/c1-2-3-4-5-19(26)21(27)11-14-16(24)9-13(22)10-18(14)28-20(21)12-6-7-15(23)17(25)8-12/h6-10,20,22-25,27H,2-5,11H2,1H3/t20-,21-/m1/s1. The van der Waals surface area contributed by atoms with Gasteiger partial charge in [-0.1, -0.05) is 25.8 Å². The van der Waals surface area contributed by atoms with Crippen LogP contribution in [0.2, 0.25) is 0 Å². The van der Waals surface area contributed by atoms with E-state index < -0.39 is 23.2 Å². The third-order valence-corrected chi connectivity index (χ3v) is 5.09. The van der Waals surface area contributed by atoms with Gasteiger partial charge in [0, 0.05) is 30.5 Å². The summed E-state index contributed by atoms with van der Waals surface area (Å²) in [4.78, 5) is 12.9. The highest BCUT2D eigenvalue weighted by atomic mass is 16.5. The lowest BCUT2D eigenvalue weighted by Gasteiger charge is -2.40. The van der Waals surface area contributed by atoms with Crippen LogP contribution >= 0.6 is 0 Å². The zero-order valence-electron chi connectivity index (χ0n) is 15.6. The Morgan fingerprint density at radius 3 is 2.50 bits per heavy atom. The van der Waals surface area contributed by atoms with Crippen molar-refractivity contribution in [2.24, 2.45) is 0 Å². The SMILES string of the molecule is CCCCCC(=O)[C@]1(O)Cc2c(O)cc(O)cc2O[C@@H]1c1ccc(O)c(O)c1. The van der Waals surface area contributed by atoms with E-state index in [1.165, 1.54) is 24.3 Å². The molecule has 7 heteroatoms. The zero-order chi connectivity index (χ0) is 20.5. The van der Waals surface area contributed by atoms with Gasteiger partial charge in [0.25, 0.3) is 0 Å². The number of hydrogen-bond acceptors (Lipinski definition) is 7. The number of aromatic hydroxyl groups is 4. The number of Topliss-reactive ketones (excluding diaryl/α,β-unsaturated/α-hetero) is 1. The van der Waals surface area contributed by atoms with Crippen LogP contribution in [0.25, 0.3) is 0 Å². The van der Waals surface area contributed by atoms with E-state index in [1.54, 1.807) is 0 Å². The van der Waals surface area contributed by atoms with Crippen LogP contribution in [0.3, 0.4) is 0 Å². The third kappa shape index (κ3) is 3.57. The molecule has 0 fully saturated rings. The van der Waals surface area contributed by atoms with Crippen LogP contribution in [0.1, 0.15) is 49.8 Å². The minimum atomic E-state index is -1.97. The average Bonchev–Trinajstić information content (AvgIpc) is 2.64. The van der Waals surface area contributed by atoms with E-state index >= 15 is 0 Å². The van der Waals surface area contributed by atoms with Gasteiger partial charge in [-0.3, -0.25) is 4.79 Å².